The Hall–Kier alpha value is -13.8. The fraction of sp³-hybridized carbons (Fsp3) is 0.364. The molecule has 8 aromatic heterocycles. The molecule has 36 nitrogen and oxygen atoms in total. The SMILES string of the molecule is Cn1cc(-c2[nH]c3cc(NC(=O)[C@H](N)C4CCCCC4)cc4c3c2C=NNC4=O)cn1.Cn1cc(-c2[nH]c3cc(NC(=O)[C@H](N)C4CCCCC4)cc4c3c2C=NNC4=O)cn1.Cn1cc(-c2[nH]c3cc(NC(=O)[C@H](N)C4CCCCC4)cc4c3c2C=NNC4=O)cn1.Cn1cc(-c2[nH]c3cc(NC(=O)[C@H](N)C4CCCCC4)cc4c3c2C=NNC4=O)cn1. The third kappa shape index (κ3) is 17.0. The number of nitrogens with zero attached hydrogens (tertiary/aromatic N) is 12. The van der Waals surface area contributed by atoms with Gasteiger partial charge in [-0.3, -0.25) is 57.1 Å². The number of amides is 8. The summed E-state index contributed by atoms with van der Waals surface area (Å²) in [5, 5.41) is 47.9. The fourth-order valence-electron chi connectivity index (χ4n) is 18.7. The average molecular weight is 1680 g/mol. The van der Waals surface area contributed by atoms with Crippen LogP contribution in [0.5, 0.6) is 0 Å². The highest BCUT2D eigenvalue weighted by molar-refractivity contribution is 6.22. The molecule has 12 aromatic rings. The lowest BCUT2D eigenvalue weighted by molar-refractivity contribution is -0.119. The maximum atomic E-state index is 12.8. The molecule has 4 aromatic carbocycles. The summed E-state index contributed by atoms with van der Waals surface area (Å²) in [6, 6.07) is 11.8. The molecule has 20 N–H and O–H groups in total. The van der Waals surface area contributed by atoms with Crippen LogP contribution in [0.25, 0.3) is 88.6 Å². The predicted molar refractivity (Wildman–Crippen MR) is 475 cm³/mol. The Morgan fingerprint density at radius 3 is 0.710 bits per heavy atom. The monoisotopic (exact) mass is 1680 g/mol. The van der Waals surface area contributed by atoms with Gasteiger partial charge < -0.3 is 64.1 Å². The maximum absolute atomic E-state index is 12.8. The smallest absolute Gasteiger partial charge is 0.272 e. The second-order valence-corrected chi connectivity index (χ2v) is 33.5. The molecule has 0 bridgehead atoms. The minimum Gasteiger partial charge on any atom is -0.354 e. The van der Waals surface area contributed by atoms with Crippen molar-refractivity contribution in [3.05, 3.63) is 143 Å². The van der Waals surface area contributed by atoms with Crippen molar-refractivity contribution in [1.29, 1.82) is 0 Å². The predicted octanol–water partition coefficient (Wildman–Crippen LogP) is 9.97. The first-order valence-electron chi connectivity index (χ1n) is 42.4. The van der Waals surface area contributed by atoms with Gasteiger partial charge >= 0.3 is 0 Å². The number of anilines is 4. The summed E-state index contributed by atoms with van der Waals surface area (Å²) >= 11 is 0. The zero-order valence-electron chi connectivity index (χ0n) is 69.2. The Kier molecular flexibility index (Phi) is 23.5. The molecule has 4 atom stereocenters. The maximum Gasteiger partial charge on any atom is 0.272 e. The van der Waals surface area contributed by atoms with Crippen LogP contribution in [0.3, 0.4) is 0 Å². The number of rotatable bonds is 16. The van der Waals surface area contributed by atoms with E-state index >= 15 is 0 Å². The first-order valence-corrected chi connectivity index (χ1v) is 42.4. The normalized spacial score (nSPS) is 17.4. The number of nitrogens with one attached hydrogen (secondary N) is 12. The van der Waals surface area contributed by atoms with Crippen molar-refractivity contribution in [2.24, 2.45) is 95.2 Å². The van der Waals surface area contributed by atoms with Gasteiger partial charge in [-0.2, -0.15) is 40.8 Å². The third-order valence-electron chi connectivity index (χ3n) is 25.1. The first-order chi connectivity index (χ1) is 60.0. The van der Waals surface area contributed by atoms with E-state index in [0.717, 1.165) is 214 Å². The van der Waals surface area contributed by atoms with E-state index in [-0.39, 0.29) is 70.9 Å². The molecule has 4 saturated carbocycles. The third-order valence-corrected chi connectivity index (χ3v) is 25.1. The van der Waals surface area contributed by atoms with Crippen LogP contribution in [0, 0.1) is 23.7 Å². The highest BCUT2D eigenvalue weighted by Gasteiger charge is 2.35. The van der Waals surface area contributed by atoms with E-state index in [4.69, 9.17) is 22.9 Å². The first kappa shape index (κ1) is 82.5. The lowest BCUT2D eigenvalue weighted by Crippen LogP contribution is -2.42. The second-order valence-electron chi connectivity index (χ2n) is 33.5. The number of aromatic amines is 4. The molecule has 4 fully saturated rings. The highest BCUT2D eigenvalue weighted by Crippen LogP contribution is 2.41. The largest absolute Gasteiger partial charge is 0.354 e. The Morgan fingerprint density at radius 1 is 0.323 bits per heavy atom. The Labute approximate surface area is 710 Å². The number of H-pyrrole nitrogens is 4. The lowest BCUT2D eigenvalue weighted by Gasteiger charge is -2.26. The van der Waals surface area contributed by atoms with Crippen molar-refractivity contribution in [2.75, 3.05) is 21.3 Å². The van der Waals surface area contributed by atoms with Gasteiger partial charge in [0, 0.05) is 164 Å². The minimum atomic E-state index is -0.558. The topological polar surface area (TPSA) is 521 Å². The molecule has 0 spiro atoms. The van der Waals surface area contributed by atoms with E-state index in [9.17, 15) is 38.4 Å². The number of hydrogen-bond acceptors (Lipinski definition) is 20. The van der Waals surface area contributed by atoms with Gasteiger partial charge in [-0.05, 0) is 124 Å². The van der Waals surface area contributed by atoms with Crippen LogP contribution in [0.15, 0.2) is 119 Å². The van der Waals surface area contributed by atoms with E-state index in [0.29, 0.717) is 45.0 Å². The quantitative estimate of drug-likeness (QED) is 0.0427. The molecule has 0 saturated heterocycles. The van der Waals surface area contributed by atoms with E-state index in [1.807, 2.05) is 77.2 Å². The number of carbonyl (C=O) groups is 8. The van der Waals surface area contributed by atoms with E-state index in [1.165, 1.54) is 25.7 Å². The molecular formula is C88H100N28O8. The van der Waals surface area contributed by atoms with Gasteiger partial charge in [-0.1, -0.05) is 77.0 Å². The van der Waals surface area contributed by atoms with Crippen LogP contribution in [0.4, 0.5) is 22.7 Å². The molecule has 640 valence electrons. The average Bonchev–Trinajstić information content (AvgIpc) is 1.61. The number of benzene rings is 4. The van der Waals surface area contributed by atoms with Gasteiger partial charge in [-0.15, -0.1) is 0 Å². The summed E-state index contributed by atoms with van der Waals surface area (Å²) in [4.78, 5) is 115. The number of carbonyl (C=O) groups excluding carboxylic acids is 8. The van der Waals surface area contributed by atoms with Crippen molar-refractivity contribution < 1.29 is 38.4 Å². The Morgan fingerprint density at radius 2 is 0.524 bits per heavy atom. The van der Waals surface area contributed by atoms with Crippen LogP contribution < -0.4 is 65.9 Å². The van der Waals surface area contributed by atoms with E-state index in [2.05, 4.69) is 104 Å². The number of hydrazone groups is 4. The van der Waals surface area contributed by atoms with Crippen molar-refractivity contribution in [1.82, 2.24) is 80.8 Å². The minimum absolute atomic E-state index is 0.199. The number of aromatic nitrogens is 12. The number of aryl methyl sites for hydroxylation is 4. The molecule has 0 unspecified atom stereocenters. The summed E-state index contributed by atoms with van der Waals surface area (Å²) in [5.41, 5.74) is 52.0. The molecule has 20 rings (SSSR count). The van der Waals surface area contributed by atoms with Gasteiger partial charge in [0.25, 0.3) is 23.6 Å². The van der Waals surface area contributed by atoms with Crippen molar-refractivity contribution in [3.8, 4) is 45.0 Å². The molecule has 124 heavy (non-hydrogen) atoms. The van der Waals surface area contributed by atoms with Crippen molar-refractivity contribution in [3.63, 3.8) is 0 Å². The number of hydrogen-bond donors (Lipinski definition) is 16. The molecule has 4 aliphatic carbocycles. The molecule has 0 radical (unpaired) electrons. The van der Waals surface area contributed by atoms with Gasteiger partial charge in [0.15, 0.2) is 0 Å². The van der Waals surface area contributed by atoms with Gasteiger partial charge in [0.2, 0.25) is 23.6 Å². The summed E-state index contributed by atoms with van der Waals surface area (Å²) < 4.78 is 6.85. The fourth-order valence-corrected chi connectivity index (χ4v) is 18.7. The summed E-state index contributed by atoms with van der Waals surface area (Å²) in [5.74, 6) is -1.40. The van der Waals surface area contributed by atoms with Gasteiger partial charge in [0.05, 0.1) is 119 Å². The molecule has 8 amide bonds. The highest BCUT2D eigenvalue weighted by atomic mass is 16.2. The zero-order valence-corrected chi connectivity index (χ0v) is 69.2. The van der Waals surface area contributed by atoms with Crippen LogP contribution in [0.1, 0.15) is 192 Å². The summed E-state index contributed by atoms with van der Waals surface area (Å²) in [6.45, 7) is 0. The van der Waals surface area contributed by atoms with Crippen LogP contribution in [0.2, 0.25) is 0 Å². The van der Waals surface area contributed by atoms with Crippen molar-refractivity contribution >= 4 is 138 Å². The zero-order chi connectivity index (χ0) is 86.1. The molecular weight excluding hydrogens is 1580 g/mol. The lowest BCUT2D eigenvalue weighted by atomic mass is 9.84. The second kappa shape index (κ2) is 35.3. The van der Waals surface area contributed by atoms with Gasteiger partial charge in [0.1, 0.15) is 0 Å². The van der Waals surface area contributed by atoms with Crippen LogP contribution >= 0.6 is 0 Å². The summed E-state index contributed by atoms with van der Waals surface area (Å²) in [7, 11) is 7.38. The molecule has 12 heterocycles. The van der Waals surface area contributed by atoms with Crippen LogP contribution in [-0.4, -0.2) is 155 Å². The van der Waals surface area contributed by atoms with Crippen molar-refractivity contribution in [2.45, 2.75) is 153 Å². The Balaban J connectivity index is 0.000000117. The summed E-state index contributed by atoms with van der Waals surface area (Å²) in [6.07, 6.45) is 42.7. The molecule has 8 aliphatic rings. The standard InChI is InChI=1S/4C22H25N7O2/c4*1-29-11-13(9-25-29)20-16-10-24-28-21(30)15-7-14(8-17(27-20)18(15)16)26-22(31)19(23)12-5-3-2-4-6-12/h4*7-12,19,27H,2-6,23H2,1H3,(H,26,31)(H,28,30)/t4*19-/m1111/s1. The van der Waals surface area contributed by atoms with E-state index < -0.39 is 24.2 Å². The van der Waals surface area contributed by atoms with Crippen LogP contribution in [-0.2, 0) is 47.4 Å². The number of nitrogens with two attached hydrogens (primary N) is 4. The molecule has 36 heteroatoms. The van der Waals surface area contributed by atoms with E-state index in [1.54, 1.807) is 92.6 Å². The Bertz CT molecular complexity index is 5550. The van der Waals surface area contributed by atoms with Gasteiger partial charge in [-0.25, -0.2) is 21.7 Å². The molecule has 4 aliphatic heterocycles.